The van der Waals surface area contributed by atoms with Gasteiger partial charge < -0.3 is 9.80 Å². The minimum absolute atomic E-state index is 0.0197. The summed E-state index contributed by atoms with van der Waals surface area (Å²) in [5.74, 6) is -2.21. The predicted molar refractivity (Wildman–Crippen MR) is 80.6 cm³/mol. The Morgan fingerprint density at radius 3 is 2.46 bits per heavy atom. The molecule has 0 saturated carbocycles. The summed E-state index contributed by atoms with van der Waals surface area (Å²) in [6.07, 6.45) is 0.726. The first-order chi connectivity index (χ1) is 11.5. The van der Waals surface area contributed by atoms with Gasteiger partial charge in [-0.15, -0.1) is 0 Å². The van der Waals surface area contributed by atoms with Gasteiger partial charge in [-0.05, 0) is 12.1 Å². The van der Waals surface area contributed by atoms with E-state index < -0.39 is 17.6 Å². The van der Waals surface area contributed by atoms with Crippen LogP contribution in [0.25, 0.3) is 0 Å². The number of halogens is 1. The zero-order valence-corrected chi connectivity index (χ0v) is 12.9. The van der Waals surface area contributed by atoms with E-state index in [2.05, 4.69) is 0 Å². The average Bonchev–Trinajstić information content (AvgIpc) is 2.85. The molecule has 3 rings (SSSR count). The van der Waals surface area contributed by atoms with Gasteiger partial charge in [0, 0.05) is 39.1 Å². The number of carbonyl (C=O) groups excluding carboxylic acids is 4. The highest BCUT2D eigenvalue weighted by Gasteiger charge is 2.38. The zero-order chi connectivity index (χ0) is 17.3. The van der Waals surface area contributed by atoms with Gasteiger partial charge in [0.2, 0.25) is 12.3 Å². The Kier molecular flexibility index (Phi) is 4.28. The van der Waals surface area contributed by atoms with Crippen molar-refractivity contribution in [1.29, 1.82) is 0 Å². The van der Waals surface area contributed by atoms with Crippen LogP contribution in [0.5, 0.6) is 0 Å². The number of carbonyl (C=O) groups is 4. The van der Waals surface area contributed by atoms with Crippen molar-refractivity contribution in [3.63, 3.8) is 0 Å². The number of rotatable bonds is 4. The van der Waals surface area contributed by atoms with Crippen LogP contribution in [0.3, 0.4) is 0 Å². The molecule has 0 bridgehead atoms. The van der Waals surface area contributed by atoms with Crippen molar-refractivity contribution in [2.24, 2.45) is 0 Å². The van der Waals surface area contributed by atoms with E-state index in [0.717, 1.165) is 17.4 Å². The lowest BCUT2D eigenvalue weighted by Gasteiger charge is -2.32. The van der Waals surface area contributed by atoms with Crippen LogP contribution in [0.15, 0.2) is 18.2 Å². The summed E-state index contributed by atoms with van der Waals surface area (Å²) >= 11 is 0. The molecule has 24 heavy (non-hydrogen) atoms. The third kappa shape index (κ3) is 2.75. The SMILES string of the molecule is O=CN1CCN(C(=O)CCN2C(=O)c3cccc(F)c3C2=O)CC1. The lowest BCUT2D eigenvalue weighted by atomic mass is 10.1. The van der Waals surface area contributed by atoms with Crippen molar-refractivity contribution < 1.29 is 23.6 Å². The topological polar surface area (TPSA) is 78.0 Å². The first-order valence-corrected chi connectivity index (χ1v) is 7.64. The smallest absolute Gasteiger partial charge is 0.264 e. The Bertz CT molecular complexity index is 713. The van der Waals surface area contributed by atoms with Gasteiger partial charge in [0.25, 0.3) is 11.8 Å². The molecule has 7 nitrogen and oxygen atoms in total. The Morgan fingerprint density at radius 2 is 1.83 bits per heavy atom. The fourth-order valence-electron chi connectivity index (χ4n) is 2.94. The zero-order valence-electron chi connectivity index (χ0n) is 12.9. The summed E-state index contributed by atoms with van der Waals surface area (Å²) < 4.78 is 13.7. The predicted octanol–water partition coefficient (Wildman–Crippen LogP) is 0.112. The number of fused-ring (bicyclic) bond motifs is 1. The van der Waals surface area contributed by atoms with E-state index in [9.17, 15) is 23.6 Å². The molecule has 2 aliphatic heterocycles. The molecule has 1 fully saturated rings. The van der Waals surface area contributed by atoms with Crippen molar-refractivity contribution in [2.45, 2.75) is 6.42 Å². The second kappa shape index (κ2) is 6.38. The van der Waals surface area contributed by atoms with Crippen molar-refractivity contribution in [1.82, 2.24) is 14.7 Å². The molecule has 1 saturated heterocycles. The van der Waals surface area contributed by atoms with Crippen LogP contribution < -0.4 is 0 Å². The van der Waals surface area contributed by atoms with Crippen LogP contribution in [0.2, 0.25) is 0 Å². The molecule has 1 aromatic rings. The Morgan fingerprint density at radius 1 is 1.12 bits per heavy atom. The number of piperazine rings is 1. The van der Waals surface area contributed by atoms with Crippen LogP contribution >= 0.6 is 0 Å². The molecular weight excluding hydrogens is 317 g/mol. The van der Waals surface area contributed by atoms with Crippen LogP contribution in [-0.2, 0) is 9.59 Å². The number of amides is 4. The van der Waals surface area contributed by atoms with E-state index in [1.807, 2.05) is 0 Å². The third-order valence-corrected chi connectivity index (χ3v) is 4.31. The standard InChI is InChI=1S/C16H16FN3O4/c17-12-3-1-2-11-14(12)16(24)20(15(11)23)5-4-13(22)19-8-6-18(10-21)7-9-19/h1-3,10H,4-9H2. The summed E-state index contributed by atoms with van der Waals surface area (Å²) in [5, 5.41) is 0. The van der Waals surface area contributed by atoms with Gasteiger partial charge in [-0.25, -0.2) is 4.39 Å². The molecule has 0 radical (unpaired) electrons. The van der Waals surface area contributed by atoms with Gasteiger partial charge in [0.15, 0.2) is 0 Å². The van der Waals surface area contributed by atoms with Crippen LogP contribution in [0, 0.1) is 5.82 Å². The molecular formula is C16H16FN3O4. The van der Waals surface area contributed by atoms with Crippen molar-refractivity contribution in [3.8, 4) is 0 Å². The largest absolute Gasteiger partial charge is 0.342 e. The summed E-state index contributed by atoms with van der Waals surface area (Å²) in [6, 6.07) is 3.91. The number of benzene rings is 1. The van der Waals surface area contributed by atoms with E-state index in [-0.39, 0.29) is 30.0 Å². The number of imide groups is 1. The molecule has 1 aromatic carbocycles. The fourth-order valence-corrected chi connectivity index (χ4v) is 2.94. The second-order valence-electron chi connectivity index (χ2n) is 5.70. The Labute approximate surface area is 137 Å². The number of nitrogens with zero attached hydrogens (tertiary/aromatic N) is 3. The number of hydrogen-bond acceptors (Lipinski definition) is 4. The van der Waals surface area contributed by atoms with Crippen LogP contribution in [-0.4, -0.2) is 71.6 Å². The average molecular weight is 333 g/mol. The normalized spacial score (nSPS) is 17.3. The lowest BCUT2D eigenvalue weighted by Crippen LogP contribution is -2.48. The molecule has 0 aliphatic carbocycles. The van der Waals surface area contributed by atoms with Crippen molar-refractivity contribution in [2.75, 3.05) is 32.7 Å². The summed E-state index contributed by atoms with van der Waals surface area (Å²) in [5.41, 5.74) is -0.193. The maximum atomic E-state index is 13.7. The molecule has 4 amide bonds. The fraction of sp³-hybridized carbons (Fsp3) is 0.375. The maximum absolute atomic E-state index is 13.7. The summed E-state index contributed by atoms with van der Waals surface area (Å²) in [6.45, 7) is 1.70. The highest BCUT2D eigenvalue weighted by molar-refractivity contribution is 6.21. The molecule has 8 heteroatoms. The number of hydrogen-bond donors (Lipinski definition) is 0. The van der Waals surface area contributed by atoms with E-state index in [1.165, 1.54) is 12.1 Å². The minimum atomic E-state index is -0.732. The van der Waals surface area contributed by atoms with Crippen LogP contribution in [0.4, 0.5) is 4.39 Å². The molecule has 0 spiro atoms. The van der Waals surface area contributed by atoms with Gasteiger partial charge in [0.1, 0.15) is 5.82 Å². The second-order valence-corrected chi connectivity index (χ2v) is 5.70. The van der Waals surface area contributed by atoms with Gasteiger partial charge >= 0.3 is 0 Å². The molecule has 0 N–H and O–H groups in total. The quantitative estimate of drug-likeness (QED) is 0.579. The first kappa shape index (κ1) is 16.1. The van der Waals surface area contributed by atoms with Gasteiger partial charge in [0.05, 0.1) is 11.1 Å². The molecule has 0 atom stereocenters. The first-order valence-electron chi connectivity index (χ1n) is 7.64. The van der Waals surface area contributed by atoms with Gasteiger partial charge in [-0.2, -0.15) is 0 Å². The third-order valence-electron chi connectivity index (χ3n) is 4.31. The highest BCUT2D eigenvalue weighted by atomic mass is 19.1. The molecule has 0 unspecified atom stereocenters. The molecule has 2 heterocycles. The van der Waals surface area contributed by atoms with Crippen molar-refractivity contribution in [3.05, 3.63) is 35.1 Å². The van der Waals surface area contributed by atoms with Crippen LogP contribution in [0.1, 0.15) is 27.1 Å². The van der Waals surface area contributed by atoms with E-state index >= 15 is 0 Å². The highest BCUT2D eigenvalue weighted by Crippen LogP contribution is 2.25. The maximum Gasteiger partial charge on any atom is 0.264 e. The Hall–Kier alpha value is -2.77. The Balaban J connectivity index is 1.61. The monoisotopic (exact) mass is 333 g/mol. The van der Waals surface area contributed by atoms with E-state index in [1.54, 1.807) is 9.80 Å². The lowest BCUT2D eigenvalue weighted by molar-refractivity contribution is -0.135. The van der Waals surface area contributed by atoms with E-state index in [4.69, 9.17) is 0 Å². The van der Waals surface area contributed by atoms with Crippen molar-refractivity contribution >= 4 is 24.1 Å². The molecule has 0 aromatic heterocycles. The van der Waals surface area contributed by atoms with E-state index in [0.29, 0.717) is 26.2 Å². The summed E-state index contributed by atoms with van der Waals surface area (Å²) in [7, 11) is 0. The summed E-state index contributed by atoms with van der Waals surface area (Å²) in [4.78, 5) is 51.3. The minimum Gasteiger partial charge on any atom is -0.342 e. The molecule has 126 valence electrons. The van der Waals surface area contributed by atoms with Gasteiger partial charge in [-0.3, -0.25) is 24.1 Å². The molecule has 2 aliphatic rings. The van der Waals surface area contributed by atoms with Gasteiger partial charge in [-0.1, -0.05) is 6.07 Å².